The van der Waals surface area contributed by atoms with Gasteiger partial charge in [0.15, 0.2) is 0 Å². The molecule has 0 aromatic carbocycles. The topological polar surface area (TPSA) is 15.3 Å². The Kier molecular flexibility index (Phi) is 5.22. The van der Waals surface area contributed by atoms with Gasteiger partial charge in [-0.15, -0.1) is 11.3 Å². The number of likely N-dealkylation sites (tertiary alicyclic amines) is 1. The summed E-state index contributed by atoms with van der Waals surface area (Å²) >= 11 is 1.97. The van der Waals surface area contributed by atoms with Crippen LogP contribution in [0, 0.1) is 5.92 Å². The first-order valence-electron chi connectivity index (χ1n) is 7.21. The fourth-order valence-electron chi connectivity index (χ4n) is 2.80. The molecule has 0 aliphatic carbocycles. The standard InChI is InChI=1S/C15H26N2S/c1-4-7-16-9-14-5-6-15(18-14)11-17-10-12(2)8-13(17)3/h5-6,12-13,16H,4,7-11H2,1-3H3. The summed E-state index contributed by atoms with van der Waals surface area (Å²) in [5.74, 6) is 0.866. The predicted octanol–water partition coefficient (Wildman–Crippen LogP) is 3.48. The van der Waals surface area contributed by atoms with Crippen LogP contribution in [-0.2, 0) is 13.1 Å². The van der Waals surface area contributed by atoms with E-state index in [1.165, 1.54) is 29.1 Å². The minimum Gasteiger partial charge on any atom is -0.312 e. The Morgan fingerprint density at radius 1 is 1.33 bits per heavy atom. The zero-order chi connectivity index (χ0) is 13.0. The fourth-order valence-corrected chi connectivity index (χ4v) is 3.81. The number of nitrogens with zero attached hydrogens (tertiary/aromatic N) is 1. The molecule has 1 aliphatic rings. The molecule has 0 amide bonds. The van der Waals surface area contributed by atoms with E-state index in [1.807, 2.05) is 11.3 Å². The lowest BCUT2D eigenvalue weighted by Crippen LogP contribution is -2.26. The van der Waals surface area contributed by atoms with Crippen LogP contribution in [0.5, 0.6) is 0 Å². The van der Waals surface area contributed by atoms with Gasteiger partial charge in [-0.1, -0.05) is 13.8 Å². The average Bonchev–Trinajstić information content (AvgIpc) is 2.88. The summed E-state index contributed by atoms with van der Waals surface area (Å²) in [4.78, 5) is 5.61. The van der Waals surface area contributed by atoms with E-state index in [-0.39, 0.29) is 0 Å². The largest absolute Gasteiger partial charge is 0.312 e. The van der Waals surface area contributed by atoms with Crippen LogP contribution in [0.25, 0.3) is 0 Å². The van der Waals surface area contributed by atoms with Gasteiger partial charge >= 0.3 is 0 Å². The average molecular weight is 266 g/mol. The molecule has 0 saturated carbocycles. The molecule has 1 aliphatic heterocycles. The molecular weight excluding hydrogens is 240 g/mol. The van der Waals surface area contributed by atoms with Gasteiger partial charge in [0.2, 0.25) is 0 Å². The van der Waals surface area contributed by atoms with Crippen molar-refractivity contribution in [2.24, 2.45) is 5.92 Å². The van der Waals surface area contributed by atoms with Crippen LogP contribution in [-0.4, -0.2) is 24.0 Å². The number of rotatable bonds is 6. The third-order valence-corrected chi connectivity index (χ3v) is 4.79. The molecular formula is C15H26N2S. The van der Waals surface area contributed by atoms with Crippen LogP contribution in [0.4, 0.5) is 0 Å². The van der Waals surface area contributed by atoms with E-state index in [1.54, 1.807) is 0 Å². The van der Waals surface area contributed by atoms with Crippen molar-refractivity contribution in [2.45, 2.75) is 52.7 Å². The fraction of sp³-hybridized carbons (Fsp3) is 0.733. The van der Waals surface area contributed by atoms with Crippen molar-refractivity contribution in [1.29, 1.82) is 0 Å². The monoisotopic (exact) mass is 266 g/mol. The molecule has 1 N–H and O–H groups in total. The van der Waals surface area contributed by atoms with Gasteiger partial charge in [-0.25, -0.2) is 0 Å². The maximum Gasteiger partial charge on any atom is 0.0330 e. The van der Waals surface area contributed by atoms with Gasteiger partial charge < -0.3 is 5.32 Å². The summed E-state index contributed by atoms with van der Waals surface area (Å²) in [6.07, 6.45) is 2.57. The van der Waals surface area contributed by atoms with Crippen LogP contribution < -0.4 is 5.32 Å². The molecule has 1 aromatic heterocycles. The molecule has 18 heavy (non-hydrogen) atoms. The lowest BCUT2D eigenvalue weighted by molar-refractivity contribution is 0.259. The van der Waals surface area contributed by atoms with Crippen LogP contribution in [0.15, 0.2) is 12.1 Å². The molecule has 2 rings (SSSR count). The maximum absolute atomic E-state index is 3.47. The Morgan fingerprint density at radius 2 is 2.11 bits per heavy atom. The number of hydrogen-bond donors (Lipinski definition) is 1. The van der Waals surface area contributed by atoms with Crippen molar-refractivity contribution in [1.82, 2.24) is 10.2 Å². The van der Waals surface area contributed by atoms with E-state index in [2.05, 4.69) is 43.1 Å². The second-order valence-electron chi connectivity index (χ2n) is 5.66. The minimum atomic E-state index is 0.753. The molecule has 0 radical (unpaired) electrons. The van der Waals surface area contributed by atoms with Crippen molar-refractivity contribution in [3.63, 3.8) is 0 Å². The summed E-state index contributed by atoms with van der Waals surface area (Å²) < 4.78 is 0. The summed E-state index contributed by atoms with van der Waals surface area (Å²) in [6, 6.07) is 5.35. The normalized spacial score (nSPS) is 24.8. The van der Waals surface area contributed by atoms with E-state index in [0.717, 1.165) is 31.6 Å². The molecule has 102 valence electrons. The van der Waals surface area contributed by atoms with Crippen LogP contribution in [0.1, 0.15) is 43.4 Å². The molecule has 1 saturated heterocycles. The molecule has 2 unspecified atom stereocenters. The highest BCUT2D eigenvalue weighted by molar-refractivity contribution is 7.11. The van der Waals surface area contributed by atoms with Crippen LogP contribution >= 0.6 is 11.3 Å². The van der Waals surface area contributed by atoms with Crippen molar-refractivity contribution >= 4 is 11.3 Å². The summed E-state index contributed by atoms with van der Waals surface area (Å²) in [5.41, 5.74) is 0. The van der Waals surface area contributed by atoms with Gasteiger partial charge in [0.25, 0.3) is 0 Å². The Bertz CT molecular complexity index is 361. The molecule has 1 aromatic rings. The Hall–Kier alpha value is -0.380. The Balaban J connectivity index is 1.83. The smallest absolute Gasteiger partial charge is 0.0330 e. The third kappa shape index (κ3) is 3.81. The molecule has 0 bridgehead atoms. The van der Waals surface area contributed by atoms with E-state index in [4.69, 9.17) is 0 Å². The van der Waals surface area contributed by atoms with Crippen molar-refractivity contribution in [3.8, 4) is 0 Å². The zero-order valence-corrected chi connectivity index (χ0v) is 12.7. The van der Waals surface area contributed by atoms with Gasteiger partial charge in [0.05, 0.1) is 0 Å². The highest BCUT2D eigenvalue weighted by atomic mass is 32.1. The maximum atomic E-state index is 3.47. The number of nitrogens with one attached hydrogen (secondary N) is 1. The highest BCUT2D eigenvalue weighted by Gasteiger charge is 2.26. The van der Waals surface area contributed by atoms with E-state index in [0.29, 0.717) is 0 Å². The zero-order valence-electron chi connectivity index (χ0n) is 11.9. The Morgan fingerprint density at radius 3 is 2.78 bits per heavy atom. The van der Waals surface area contributed by atoms with Gasteiger partial charge in [0, 0.05) is 35.4 Å². The predicted molar refractivity (Wildman–Crippen MR) is 80.0 cm³/mol. The second kappa shape index (κ2) is 6.69. The lowest BCUT2D eigenvalue weighted by atomic mass is 10.1. The van der Waals surface area contributed by atoms with Crippen molar-refractivity contribution in [3.05, 3.63) is 21.9 Å². The SMILES string of the molecule is CCCNCc1ccc(CN2CC(C)CC2C)s1. The molecule has 2 heterocycles. The van der Waals surface area contributed by atoms with Gasteiger partial charge in [-0.3, -0.25) is 4.90 Å². The first-order valence-corrected chi connectivity index (χ1v) is 8.03. The molecule has 1 fully saturated rings. The second-order valence-corrected chi connectivity index (χ2v) is 6.92. The Labute approximate surface area is 115 Å². The van der Waals surface area contributed by atoms with Crippen molar-refractivity contribution in [2.75, 3.05) is 13.1 Å². The minimum absolute atomic E-state index is 0.753. The van der Waals surface area contributed by atoms with Gasteiger partial charge in [-0.05, 0) is 44.4 Å². The van der Waals surface area contributed by atoms with E-state index < -0.39 is 0 Å². The van der Waals surface area contributed by atoms with Crippen LogP contribution in [0.2, 0.25) is 0 Å². The van der Waals surface area contributed by atoms with E-state index >= 15 is 0 Å². The van der Waals surface area contributed by atoms with Gasteiger partial charge in [-0.2, -0.15) is 0 Å². The molecule has 0 spiro atoms. The number of thiophene rings is 1. The lowest BCUT2D eigenvalue weighted by Gasteiger charge is -2.19. The quantitative estimate of drug-likeness (QED) is 0.793. The first kappa shape index (κ1) is 14.0. The van der Waals surface area contributed by atoms with Gasteiger partial charge in [0.1, 0.15) is 0 Å². The molecule has 2 atom stereocenters. The summed E-state index contributed by atoms with van der Waals surface area (Å²) in [5, 5.41) is 3.47. The first-order chi connectivity index (χ1) is 8.69. The molecule has 3 heteroatoms. The summed E-state index contributed by atoms with van der Waals surface area (Å²) in [7, 11) is 0. The highest BCUT2D eigenvalue weighted by Crippen LogP contribution is 2.26. The molecule has 2 nitrogen and oxygen atoms in total. The van der Waals surface area contributed by atoms with Crippen LogP contribution in [0.3, 0.4) is 0 Å². The van der Waals surface area contributed by atoms with Crippen molar-refractivity contribution < 1.29 is 0 Å². The third-order valence-electron chi connectivity index (χ3n) is 3.72. The number of hydrogen-bond acceptors (Lipinski definition) is 3. The van der Waals surface area contributed by atoms with E-state index in [9.17, 15) is 0 Å². The summed E-state index contributed by atoms with van der Waals surface area (Å²) in [6.45, 7) is 11.5.